The van der Waals surface area contributed by atoms with Gasteiger partial charge in [-0.3, -0.25) is 4.90 Å². The van der Waals surface area contributed by atoms with Crippen LogP contribution in [0.1, 0.15) is 32.3 Å². The summed E-state index contributed by atoms with van der Waals surface area (Å²) in [6.07, 6.45) is 0. The lowest BCUT2D eigenvalue weighted by molar-refractivity contribution is 0.0852. The maximum Gasteiger partial charge on any atom is 0.0278 e. The highest BCUT2D eigenvalue weighted by molar-refractivity contribution is 5.19. The lowest BCUT2D eigenvalue weighted by Gasteiger charge is -2.44. The monoisotopic (exact) mass is 232 g/mol. The first-order valence-electron chi connectivity index (χ1n) is 6.60. The number of hydrogen-bond donors (Lipinski definition) is 1. The van der Waals surface area contributed by atoms with Gasteiger partial charge >= 0.3 is 0 Å². The van der Waals surface area contributed by atoms with Crippen molar-refractivity contribution in [1.82, 2.24) is 10.2 Å². The van der Waals surface area contributed by atoms with Gasteiger partial charge in [-0.25, -0.2) is 0 Å². The smallest absolute Gasteiger partial charge is 0.0278 e. The summed E-state index contributed by atoms with van der Waals surface area (Å²) in [5, 5.41) is 3.48. The van der Waals surface area contributed by atoms with Crippen molar-refractivity contribution in [3.63, 3.8) is 0 Å². The molecule has 1 N–H and O–H groups in total. The highest BCUT2D eigenvalue weighted by atomic mass is 15.2. The minimum atomic E-state index is 0.279. The van der Waals surface area contributed by atoms with E-state index in [0.717, 1.165) is 26.2 Å². The highest BCUT2D eigenvalue weighted by Gasteiger charge is 2.30. The van der Waals surface area contributed by atoms with E-state index in [1.54, 1.807) is 0 Å². The Hall–Kier alpha value is -0.860. The summed E-state index contributed by atoms with van der Waals surface area (Å²) in [4.78, 5) is 2.61. The van der Waals surface area contributed by atoms with E-state index in [2.05, 4.69) is 61.3 Å². The first kappa shape index (κ1) is 12.6. The Kier molecular flexibility index (Phi) is 3.85. The van der Waals surface area contributed by atoms with E-state index in [1.807, 2.05) is 0 Å². The molecule has 1 saturated heterocycles. The van der Waals surface area contributed by atoms with Crippen molar-refractivity contribution in [2.24, 2.45) is 0 Å². The summed E-state index contributed by atoms with van der Waals surface area (Å²) in [7, 11) is 0. The number of rotatable bonds is 3. The predicted octanol–water partition coefficient (Wildman–Crippen LogP) is 2.47. The summed E-state index contributed by atoms with van der Waals surface area (Å²) in [6.45, 7) is 11.5. The third-order valence-corrected chi connectivity index (χ3v) is 3.84. The zero-order valence-electron chi connectivity index (χ0n) is 11.2. The number of piperazine rings is 1. The number of benzene rings is 1. The molecule has 2 rings (SSSR count). The van der Waals surface area contributed by atoms with Crippen LogP contribution in [-0.2, 0) is 0 Å². The van der Waals surface area contributed by atoms with Crippen LogP contribution in [-0.4, -0.2) is 36.6 Å². The van der Waals surface area contributed by atoms with Gasteiger partial charge < -0.3 is 5.32 Å². The van der Waals surface area contributed by atoms with Crippen LogP contribution in [0.2, 0.25) is 0 Å². The summed E-state index contributed by atoms with van der Waals surface area (Å²) >= 11 is 0. The van der Waals surface area contributed by atoms with Gasteiger partial charge in [-0.15, -0.1) is 0 Å². The van der Waals surface area contributed by atoms with Gasteiger partial charge in [0.2, 0.25) is 0 Å². The summed E-state index contributed by atoms with van der Waals surface area (Å²) in [5.74, 6) is 0.605. The van der Waals surface area contributed by atoms with Gasteiger partial charge in [0.05, 0.1) is 0 Å². The van der Waals surface area contributed by atoms with Crippen LogP contribution in [0.15, 0.2) is 30.3 Å². The highest BCUT2D eigenvalue weighted by Crippen LogP contribution is 2.22. The van der Waals surface area contributed by atoms with E-state index in [1.165, 1.54) is 5.56 Å². The lowest BCUT2D eigenvalue weighted by Crippen LogP contribution is -2.58. The van der Waals surface area contributed by atoms with Crippen molar-refractivity contribution in [2.45, 2.75) is 32.2 Å². The first-order chi connectivity index (χ1) is 8.09. The summed E-state index contributed by atoms with van der Waals surface area (Å²) in [6, 6.07) is 10.8. The zero-order chi connectivity index (χ0) is 12.3. The third kappa shape index (κ3) is 3.08. The third-order valence-electron chi connectivity index (χ3n) is 3.84. The number of hydrogen-bond acceptors (Lipinski definition) is 2. The molecule has 0 bridgehead atoms. The molecule has 0 saturated carbocycles. The Morgan fingerprint density at radius 1 is 1.29 bits per heavy atom. The molecule has 0 spiro atoms. The van der Waals surface area contributed by atoms with E-state index >= 15 is 0 Å². The standard InChI is InChI=1S/C15H24N2/c1-13(14-7-5-4-6-8-14)11-17-10-9-16-12-15(17,2)3/h4-8,13,16H,9-12H2,1-3H3. The average Bonchev–Trinajstić information content (AvgIpc) is 2.33. The molecule has 1 aliphatic heterocycles. The van der Waals surface area contributed by atoms with Crippen LogP contribution in [0.5, 0.6) is 0 Å². The van der Waals surface area contributed by atoms with Crippen molar-refractivity contribution in [3.8, 4) is 0 Å². The average molecular weight is 232 g/mol. The van der Waals surface area contributed by atoms with Crippen LogP contribution < -0.4 is 5.32 Å². The predicted molar refractivity (Wildman–Crippen MR) is 73.4 cm³/mol. The van der Waals surface area contributed by atoms with Crippen LogP contribution >= 0.6 is 0 Å². The molecule has 1 atom stereocenters. The molecule has 0 radical (unpaired) electrons. The normalized spacial score (nSPS) is 22.3. The Balaban J connectivity index is 2.00. The van der Waals surface area contributed by atoms with Crippen molar-refractivity contribution in [2.75, 3.05) is 26.2 Å². The van der Waals surface area contributed by atoms with E-state index in [0.29, 0.717) is 5.92 Å². The lowest BCUT2D eigenvalue weighted by atomic mass is 9.95. The molecule has 1 aliphatic rings. The molecule has 1 fully saturated rings. The van der Waals surface area contributed by atoms with Crippen molar-refractivity contribution in [1.29, 1.82) is 0 Å². The van der Waals surface area contributed by atoms with Crippen LogP contribution in [0.25, 0.3) is 0 Å². The molecule has 1 heterocycles. The second-order valence-electron chi connectivity index (χ2n) is 5.75. The van der Waals surface area contributed by atoms with Crippen LogP contribution in [0.3, 0.4) is 0 Å². The molecule has 0 amide bonds. The molecule has 2 nitrogen and oxygen atoms in total. The van der Waals surface area contributed by atoms with Gasteiger partial charge in [0.15, 0.2) is 0 Å². The van der Waals surface area contributed by atoms with E-state index in [-0.39, 0.29) is 5.54 Å². The Morgan fingerprint density at radius 2 is 2.00 bits per heavy atom. The molecule has 2 heteroatoms. The molecule has 17 heavy (non-hydrogen) atoms. The van der Waals surface area contributed by atoms with Crippen LogP contribution in [0.4, 0.5) is 0 Å². The van der Waals surface area contributed by atoms with Gasteiger partial charge in [0.25, 0.3) is 0 Å². The van der Waals surface area contributed by atoms with Gasteiger partial charge in [0, 0.05) is 31.7 Å². The molecule has 1 aromatic rings. The fraction of sp³-hybridized carbons (Fsp3) is 0.600. The maximum absolute atomic E-state index is 3.48. The maximum atomic E-state index is 3.48. The molecule has 0 aliphatic carbocycles. The zero-order valence-corrected chi connectivity index (χ0v) is 11.2. The second-order valence-corrected chi connectivity index (χ2v) is 5.75. The molecular formula is C15H24N2. The topological polar surface area (TPSA) is 15.3 Å². The fourth-order valence-electron chi connectivity index (χ4n) is 2.58. The molecule has 94 valence electrons. The van der Waals surface area contributed by atoms with Gasteiger partial charge in [-0.1, -0.05) is 37.3 Å². The minimum absolute atomic E-state index is 0.279. The van der Waals surface area contributed by atoms with E-state index < -0.39 is 0 Å². The van der Waals surface area contributed by atoms with Crippen molar-refractivity contribution < 1.29 is 0 Å². The Labute approximate surface area is 105 Å². The number of nitrogens with one attached hydrogen (secondary N) is 1. The van der Waals surface area contributed by atoms with Crippen LogP contribution in [0, 0.1) is 0 Å². The Morgan fingerprint density at radius 3 is 2.65 bits per heavy atom. The van der Waals surface area contributed by atoms with E-state index in [9.17, 15) is 0 Å². The largest absolute Gasteiger partial charge is 0.314 e. The molecule has 0 aromatic heterocycles. The molecular weight excluding hydrogens is 208 g/mol. The molecule has 1 unspecified atom stereocenters. The van der Waals surface area contributed by atoms with Gasteiger partial charge in [-0.05, 0) is 25.3 Å². The summed E-state index contributed by atoms with van der Waals surface area (Å²) in [5.41, 5.74) is 1.73. The first-order valence-corrected chi connectivity index (χ1v) is 6.60. The SMILES string of the molecule is CC(CN1CCNCC1(C)C)c1ccccc1. The Bertz CT molecular complexity index is 345. The van der Waals surface area contributed by atoms with Crippen molar-refractivity contribution in [3.05, 3.63) is 35.9 Å². The molecule has 1 aromatic carbocycles. The fourth-order valence-corrected chi connectivity index (χ4v) is 2.58. The van der Waals surface area contributed by atoms with Gasteiger partial charge in [0.1, 0.15) is 0 Å². The minimum Gasteiger partial charge on any atom is -0.314 e. The number of nitrogens with zero attached hydrogens (tertiary/aromatic N) is 1. The summed E-state index contributed by atoms with van der Waals surface area (Å²) < 4.78 is 0. The van der Waals surface area contributed by atoms with E-state index in [4.69, 9.17) is 0 Å². The second kappa shape index (κ2) is 5.19. The van der Waals surface area contributed by atoms with Gasteiger partial charge in [-0.2, -0.15) is 0 Å². The quantitative estimate of drug-likeness (QED) is 0.861. The van der Waals surface area contributed by atoms with Crippen molar-refractivity contribution >= 4 is 0 Å².